The van der Waals surface area contributed by atoms with Crippen molar-refractivity contribution in [3.63, 3.8) is 0 Å². The van der Waals surface area contributed by atoms with Crippen LogP contribution < -0.4 is 10.1 Å². The van der Waals surface area contributed by atoms with Crippen molar-refractivity contribution in [1.29, 1.82) is 0 Å². The van der Waals surface area contributed by atoms with Gasteiger partial charge in [0.05, 0.1) is 23.5 Å². The van der Waals surface area contributed by atoms with Crippen molar-refractivity contribution < 1.29 is 9.53 Å². The molecule has 4 nitrogen and oxygen atoms in total. The predicted molar refractivity (Wildman–Crippen MR) is 89.3 cm³/mol. The van der Waals surface area contributed by atoms with Gasteiger partial charge in [-0.15, -0.1) is 11.3 Å². The van der Waals surface area contributed by atoms with E-state index >= 15 is 0 Å². The lowest BCUT2D eigenvalue weighted by Crippen LogP contribution is -2.12. The molecule has 112 valence electrons. The molecule has 0 aliphatic rings. The smallest absolute Gasteiger partial charge is 0.225 e. The zero-order chi connectivity index (χ0) is 15.1. The van der Waals surface area contributed by atoms with Crippen molar-refractivity contribution in [2.45, 2.75) is 19.1 Å². The van der Waals surface area contributed by atoms with E-state index in [9.17, 15) is 4.79 Å². The number of hydrogen-bond acceptors (Lipinski definition) is 5. The minimum absolute atomic E-state index is 0.00135. The fourth-order valence-electron chi connectivity index (χ4n) is 1.78. The number of carbonyl (C=O) groups is 1. The predicted octanol–water partition coefficient (Wildman–Crippen LogP) is 3.72. The molecule has 2 rings (SSSR count). The van der Waals surface area contributed by atoms with Gasteiger partial charge in [0.1, 0.15) is 5.75 Å². The average Bonchev–Trinajstić information content (AvgIpc) is 2.90. The number of amides is 1. The lowest BCUT2D eigenvalue weighted by molar-refractivity contribution is -0.115. The fraction of sp³-hybridized carbons (Fsp3) is 0.333. The molecule has 0 atom stereocenters. The molecular weight excluding hydrogens is 304 g/mol. The van der Waals surface area contributed by atoms with E-state index in [1.807, 2.05) is 31.2 Å². The van der Waals surface area contributed by atoms with Crippen LogP contribution in [0.4, 0.5) is 5.69 Å². The third-order valence-corrected chi connectivity index (χ3v) is 4.59. The minimum Gasteiger partial charge on any atom is -0.495 e. The van der Waals surface area contributed by atoms with Gasteiger partial charge in [0.25, 0.3) is 0 Å². The first kappa shape index (κ1) is 15.9. The summed E-state index contributed by atoms with van der Waals surface area (Å²) >= 11 is 3.38. The third-order valence-electron chi connectivity index (χ3n) is 2.77. The van der Waals surface area contributed by atoms with E-state index in [1.165, 1.54) is 0 Å². The van der Waals surface area contributed by atoms with E-state index < -0.39 is 0 Å². The van der Waals surface area contributed by atoms with Crippen molar-refractivity contribution in [3.8, 4) is 5.75 Å². The highest BCUT2D eigenvalue weighted by Gasteiger charge is 2.07. The lowest BCUT2D eigenvalue weighted by Gasteiger charge is -2.09. The normalized spacial score (nSPS) is 10.4. The van der Waals surface area contributed by atoms with Gasteiger partial charge in [0.2, 0.25) is 5.91 Å². The summed E-state index contributed by atoms with van der Waals surface area (Å²) in [5.41, 5.74) is 1.80. The number of thioether (sulfide) groups is 1. The Bertz CT molecular complexity index is 599. The number of hydrogen-bond donors (Lipinski definition) is 1. The average molecular weight is 322 g/mol. The molecule has 1 aromatic carbocycles. The number of para-hydroxylation sites is 2. The number of aryl methyl sites for hydroxylation is 1. The molecule has 21 heavy (non-hydrogen) atoms. The van der Waals surface area contributed by atoms with Crippen LogP contribution in [0.1, 0.15) is 17.1 Å². The molecule has 0 saturated heterocycles. The summed E-state index contributed by atoms with van der Waals surface area (Å²) in [6.45, 7) is 2.00. The van der Waals surface area contributed by atoms with Crippen molar-refractivity contribution in [2.24, 2.45) is 0 Å². The molecule has 1 aromatic heterocycles. The second kappa shape index (κ2) is 8.05. The molecule has 6 heteroatoms. The van der Waals surface area contributed by atoms with Gasteiger partial charge < -0.3 is 10.1 Å². The number of nitrogens with one attached hydrogen (secondary N) is 1. The molecule has 0 saturated carbocycles. The summed E-state index contributed by atoms with van der Waals surface area (Å²) in [6, 6.07) is 7.41. The van der Waals surface area contributed by atoms with Crippen LogP contribution in [0.25, 0.3) is 0 Å². The van der Waals surface area contributed by atoms with Crippen molar-refractivity contribution in [2.75, 3.05) is 18.2 Å². The number of carbonyl (C=O) groups excluding carboxylic acids is 1. The maximum atomic E-state index is 11.9. The quantitative estimate of drug-likeness (QED) is 0.789. The topological polar surface area (TPSA) is 51.2 Å². The summed E-state index contributed by atoms with van der Waals surface area (Å²) in [6.07, 6.45) is 0.478. The fourth-order valence-corrected chi connectivity index (χ4v) is 3.33. The number of nitrogens with zero attached hydrogens (tertiary/aromatic N) is 1. The Kier molecular flexibility index (Phi) is 6.07. The van der Waals surface area contributed by atoms with E-state index in [4.69, 9.17) is 4.74 Å². The summed E-state index contributed by atoms with van der Waals surface area (Å²) in [4.78, 5) is 16.3. The van der Waals surface area contributed by atoms with Gasteiger partial charge in [-0.3, -0.25) is 4.79 Å². The van der Waals surface area contributed by atoms with Crippen LogP contribution in [0.5, 0.6) is 5.75 Å². The van der Waals surface area contributed by atoms with Gasteiger partial charge in [-0.2, -0.15) is 11.8 Å². The molecule has 2 aromatic rings. The number of aromatic nitrogens is 1. The van der Waals surface area contributed by atoms with E-state index in [2.05, 4.69) is 15.7 Å². The molecular formula is C15H18N2O2S2. The van der Waals surface area contributed by atoms with Crippen molar-refractivity contribution in [3.05, 3.63) is 40.3 Å². The van der Waals surface area contributed by atoms with E-state index in [0.717, 1.165) is 22.2 Å². The second-order valence-corrected chi connectivity index (χ2v) is 6.58. The molecule has 0 radical (unpaired) electrons. The largest absolute Gasteiger partial charge is 0.495 e. The Balaban J connectivity index is 1.72. The van der Waals surface area contributed by atoms with Crippen LogP contribution in [0.15, 0.2) is 29.6 Å². The molecule has 0 aliphatic carbocycles. The second-order valence-electron chi connectivity index (χ2n) is 4.41. The molecule has 0 aliphatic heterocycles. The first-order valence-electron chi connectivity index (χ1n) is 6.60. The number of benzene rings is 1. The van der Waals surface area contributed by atoms with Gasteiger partial charge in [0, 0.05) is 23.3 Å². The zero-order valence-corrected chi connectivity index (χ0v) is 13.7. The van der Waals surface area contributed by atoms with E-state index in [0.29, 0.717) is 17.9 Å². The highest BCUT2D eigenvalue weighted by molar-refractivity contribution is 7.98. The molecule has 0 spiro atoms. The highest BCUT2D eigenvalue weighted by atomic mass is 32.2. The number of anilines is 1. The summed E-state index contributed by atoms with van der Waals surface area (Å²) < 4.78 is 5.20. The summed E-state index contributed by atoms with van der Waals surface area (Å²) in [5.74, 6) is 2.31. The zero-order valence-electron chi connectivity index (χ0n) is 12.1. The molecule has 0 unspecified atom stereocenters. The van der Waals surface area contributed by atoms with Crippen molar-refractivity contribution >= 4 is 34.7 Å². The van der Waals surface area contributed by atoms with Gasteiger partial charge >= 0.3 is 0 Å². The van der Waals surface area contributed by atoms with Crippen LogP contribution in [0.3, 0.4) is 0 Å². The SMILES string of the molecule is COc1ccccc1NC(=O)CCSCc1csc(C)n1. The van der Waals surface area contributed by atoms with Gasteiger partial charge in [-0.05, 0) is 19.1 Å². The van der Waals surface area contributed by atoms with Gasteiger partial charge in [-0.1, -0.05) is 12.1 Å². The number of ether oxygens (including phenoxy) is 1. The summed E-state index contributed by atoms with van der Waals surface area (Å²) in [7, 11) is 1.59. The standard InChI is InChI=1S/C15H18N2O2S2/c1-11-16-12(10-21-11)9-20-8-7-15(18)17-13-5-3-4-6-14(13)19-2/h3-6,10H,7-9H2,1-2H3,(H,17,18). The molecule has 0 bridgehead atoms. The maximum Gasteiger partial charge on any atom is 0.225 e. The summed E-state index contributed by atoms with van der Waals surface area (Å²) in [5, 5.41) is 6.02. The third kappa shape index (κ3) is 5.06. The maximum absolute atomic E-state index is 11.9. The van der Waals surface area contributed by atoms with Crippen molar-refractivity contribution in [1.82, 2.24) is 4.98 Å². The Morgan fingerprint density at radius 2 is 2.24 bits per heavy atom. The number of thiazole rings is 1. The van der Waals surface area contributed by atoms with Crippen LogP contribution in [-0.4, -0.2) is 23.8 Å². The van der Waals surface area contributed by atoms with Gasteiger partial charge in [-0.25, -0.2) is 4.98 Å². The van der Waals surface area contributed by atoms with E-state index in [1.54, 1.807) is 30.2 Å². The Morgan fingerprint density at radius 1 is 1.43 bits per heavy atom. The Labute approximate surface area is 132 Å². The van der Waals surface area contributed by atoms with Gasteiger partial charge in [0.15, 0.2) is 0 Å². The number of rotatable bonds is 7. The minimum atomic E-state index is 0.00135. The molecule has 0 fully saturated rings. The van der Waals surface area contributed by atoms with Crippen LogP contribution in [0.2, 0.25) is 0 Å². The van der Waals surface area contributed by atoms with Crippen LogP contribution in [0, 0.1) is 6.92 Å². The molecule has 1 amide bonds. The monoisotopic (exact) mass is 322 g/mol. The Morgan fingerprint density at radius 3 is 2.95 bits per heavy atom. The number of methoxy groups -OCH3 is 1. The molecule has 1 heterocycles. The Hall–Kier alpha value is -1.53. The molecule has 1 N–H and O–H groups in total. The lowest BCUT2D eigenvalue weighted by atomic mass is 10.3. The highest BCUT2D eigenvalue weighted by Crippen LogP contribution is 2.23. The van der Waals surface area contributed by atoms with Crippen LogP contribution in [-0.2, 0) is 10.5 Å². The van der Waals surface area contributed by atoms with E-state index in [-0.39, 0.29) is 5.91 Å². The van der Waals surface area contributed by atoms with Crippen LogP contribution >= 0.6 is 23.1 Å². The first-order chi connectivity index (χ1) is 10.2. The first-order valence-corrected chi connectivity index (χ1v) is 8.64.